The van der Waals surface area contributed by atoms with Gasteiger partial charge in [0.25, 0.3) is 5.91 Å². The van der Waals surface area contributed by atoms with Crippen LogP contribution in [0.2, 0.25) is 0 Å². The van der Waals surface area contributed by atoms with Gasteiger partial charge in [0.15, 0.2) is 11.5 Å². The summed E-state index contributed by atoms with van der Waals surface area (Å²) in [6, 6.07) is 22.0. The molecule has 2 aromatic carbocycles. The number of hydrogen-bond donors (Lipinski definition) is 1. The molecule has 8 heteroatoms. The number of hydrogen-bond acceptors (Lipinski definition) is 6. The average molecular weight is 422 g/mol. The Morgan fingerprint density at radius 2 is 1.72 bits per heavy atom. The molecule has 0 bridgehead atoms. The van der Waals surface area contributed by atoms with Crippen LogP contribution in [-0.2, 0) is 0 Å². The van der Waals surface area contributed by atoms with Crippen LogP contribution in [0.15, 0.2) is 85.2 Å². The third-order valence-corrected chi connectivity index (χ3v) is 4.97. The molecule has 5 aromatic rings. The largest absolute Gasteiger partial charge is 0.497 e. The van der Waals surface area contributed by atoms with Gasteiger partial charge in [-0.1, -0.05) is 12.1 Å². The standard InChI is InChI=1S/C24H18N6O2/c1-32-20-7-5-17(6-8-20)24(31)26-19-4-2-3-18(15-19)21-9-10-22-27-28-23(30(22)29-21)16-11-13-25-14-12-16/h2-15H,1H3,(H,26,31). The molecule has 1 N–H and O–H groups in total. The van der Waals surface area contributed by atoms with Crippen molar-refractivity contribution < 1.29 is 9.53 Å². The van der Waals surface area contributed by atoms with Gasteiger partial charge in [0, 0.05) is 34.8 Å². The molecular weight excluding hydrogens is 404 g/mol. The minimum atomic E-state index is -0.202. The van der Waals surface area contributed by atoms with Crippen molar-refractivity contribution >= 4 is 17.2 Å². The number of carbonyl (C=O) groups excluding carboxylic acids is 1. The summed E-state index contributed by atoms with van der Waals surface area (Å²) in [6.45, 7) is 0. The Morgan fingerprint density at radius 3 is 2.50 bits per heavy atom. The number of aromatic nitrogens is 5. The highest BCUT2D eigenvalue weighted by Crippen LogP contribution is 2.24. The lowest BCUT2D eigenvalue weighted by Crippen LogP contribution is -2.11. The van der Waals surface area contributed by atoms with E-state index in [-0.39, 0.29) is 5.91 Å². The molecule has 0 fully saturated rings. The number of pyridine rings is 1. The molecule has 3 aromatic heterocycles. The highest BCUT2D eigenvalue weighted by atomic mass is 16.5. The number of methoxy groups -OCH3 is 1. The molecule has 8 nitrogen and oxygen atoms in total. The van der Waals surface area contributed by atoms with Crippen LogP contribution in [-0.4, -0.2) is 37.8 Å². The zero-order valence-electron chi connectivity index (χ0n) is 17.1. The first-order valence-corrected chi connectivity index (χ1v) is 9.90. The first kappa shape index (κ1) is 19.4. The fraction of sp³-hybridized carbons (Fsp3) is 0.0417. The average Bonchev–Trinajstić information content (AvgIpc) is 3.28. The number of nitrogens with zero attached hydrogens (tertiary/aromatic N) is 5. The zero-order valence-corrected chi connectivity index (χ0v) is 17.1. The van der Waals surface area contributed by atoms with E-state index in [0.29, 0.717) is 28.5 Å². The second-order valence-electron chi connectivity index (χ2n) is 7.01. The first-order valence-electron chi connectivity index (χ1n) is 9.90. The Morgan fingerprint density at radius 1 is 0.906 bits per heavy atom. The lowest BCUT2D eigenvalue weighted by molar-refractivity contribution is 0.102. The Hall–Kier alpha value is -4.59. The van der Waals surface area contributed by atoms with Gasteiger partial charge in [-0.3, -0.25) is 9.78 Å². The number of ether oxygens (including phenoxy) is 1. The third-order valence-electron chi connectivity index (χ3n) is 4.97. The van der Waals surface area contributed by atoms with E-state index in [0.717, 1.165) is 16.8 Å². The Labute approximate surface area is 183 Å². The molecule has 0 unspecified atom stereocenters. The quantitative estimate of drug-likeness (QED) is 0.458. The van der Waals surface area contributed by atoms with Gasteiger partial charge in [-0.25, -0.2) is 0 Å². The molecule has 0 aliphatic rings. The predicted octanol–water partition coefficient (Wildman–Crippen LogP) is 4.11. The summed E-state index contributed by atoms with van der Waals surface area (Å²) in [5.74, 6) is 1.13. The van der Waals surface area contributed by atoms with Crippen molar-refractivity contribution in [2.75, 3.05) is 12.4 Å². The second-order valence-corrected chi connectivity index (χ2v) is 7.01. The van der Waals surface area contributed by atoms with Crippen molar-refractivity contribution in [1.29, 1.82) is 0 Å². The number of rotatable bonds is 5. The molecule has 0 spiro atoms. The van der Waals surface area contributed by atoms with E-state index in [4.69, 9.17) is 9.84 Å². The van der Waals surface area contributed by atoms with E-state index >= 15 is 0 Å². The summed E-state index contributed by atoms with van der Waals surface area (Å²) in [6.07, 6.45) is 3.41. The van der Waals surface area contributed by atoms with Gasteiger partial charge in [0.05, 0.1) is 12.8 Å². The van der Waals surface area contributed by atoms with Crippen molar-refractivity contribution in [3.8, 4) is 28.4 Å². The van der Waals surface area contributed by atoms with Crippen LogP contribution < -0.4 is 10.1 Å². The molecule has 0 aliphatic heterocycles. The maximum atomic E-state index is 12.6. The highest BCUT2D eigenvalue weighted by molar-refractivity contribution is 6.04. The molecule has 1 amide bonds. The molecule has 0 atom stereocenters. The van der Waals surface area contributed by atoms with Crippen LogP contribution in [0.25, 0.3) is 28.3 Å². The summed E-state index contributed by atoms with van der Waals surface area (Å²) >= 11 is 0. The maximum Gasteiger partial charge on any atom is 0.255 e. The van der Waals surface area contributed by atoms with Crippen LogP contribution in [0.3, 0.4) is 0 Å². The zero-order chi connectivity index (χ0) is 21.9. The van der Waals surface area contributed by atoms with Crippen LogP contribution in [0, 0.1) is 0 Å². The lowest BCUT2D eigenvalue weighted by atomic mass is 10.1. The van der Waals surface area contributed by atoms with E-state index in [1.54, 1.807) is 48.3 Å². The van der Waals surface area contributed by atoms with Crippen LogP contribution in [0.4, 0.5) is 5.69 Å². The molecule has 156 valence electrons. The Balaban J connectivity index is 1.44. The van der Waals surface area contributed by atoms with Gasteiger partial charge in [-0.05, 0) is 60.7 Å². The van der Waals surface area contributed by atoms with Crippen molar-refractivity contribution in [3.05, 3.63) is 90.8 Å². The van der Waals surface area contributed by atoms with Gasteiger partial charge in [-0.15, -0.1) is 10.2 Å². The summed E-state index contributed by atoms with van der Waals surface area (Å²) < 4.78 is 6.84. The maximum absolute atomic E-state index is 12.6. The lowest BCUT2D eigenvalue weighted by Gasteiger charge is -2.08. The Bertz CT molecular complexity index is 1400. The van der Waals surface area contributed by atoms with Crippen molar-refractivity contribution in [3.63, 3.8) is 0 Å². The van der Waals surface area contributed by atoms with E-state index in [2.05, 4.69) is 20.5 Å². The number of fused-ring (bicyclic) bond motifs is 1. The van der Waals surface area contributed by atoms with E-state index < -0.39 is 0 Å². The summed E-state index contributed by atoms with van der Waals surface area (Å²) in [7, 11) is 1.59. The highest BCUT2D eigenvalue weighted by Gasteiger charge is 2.12. The fourth-order valence-electron chi connectivity index (χ4n) is 3.33. The van der Waals surface area contributed by atoms with Crippen LogP contribution in [0.1, 0.15) is 10.4 Å². The number of benzene rings is 2. The molecule has 0 saturated carbocycles. The van der Waals surface area contributed by atoms with Gasteiger partial charge in [-0.2, -0.15) is 9.61 Å². The molecule has 0 saturated heterocycles. The van der Waals surface area contributed by atoms with Crippen LogP contribution in [0.5, 0.6) is 5.75 Å². The van der Waals surface area contributed by atoms with Crippen LogP contribution >= 0.6 is 0 Å². The number of carbonyl (C=O) groups is 1. The van der Waals surface area contributed by atoms with Gasteiger partial charge < -0.3 is 10.1 Å². The van der Waals surface area contributed by atoms with Gasteiger partial charge >= 0.3 is 0 Å². The molecular formula is C24H18N6O2. The predicted molar refractivity (Wildman–Crippen MR) is 120 cm³/mol. The van der Waals surface area contributed by atoms with Gasteiger partial charge in [0.2, 0.25) is 0 Å². The van der Waals surface area contributed by atoms with Crippen molar-refractivity contribution in [2.45, 2.75) is 0 Å². The van der Waals surface area contributed by atoms with Crippen molar-refractivity contribution in [2.24, 2.45) is 0 Å². The summed E-state index contributed by atoms with van der Waals surface area (Å²) in [4.78, 5) is 16.7. The molecule has 32 heavy (non-hydrogen) atoms. The molecule has 0 radical (unpaired) electrons. The number of anilines is 1. The smallest absolute Gasteiger partial charge is 0.255 e. The van der Waals surface area contributed by atoms with E-state index in [1.807, 2.05) is 48.5 Å². The van der Waals surface area contributed by atoms with Gasteiger partial charge in [0.1, 0.15) is 5.75 Å². The SMILES string of the molecule is COc1ccc(C(=O)Nc2cccc(-c3ccc4nnc(-c5ccncc5)n4n3)c2)cc1. The molecule has 0 aliphatic carbocycles. The topological polar surface area (TPSA) is 94.3 Å². The van der Waals surface area contributed by atoms with E-state index in [9.17, 15) is 4.79 Å². The number of nitrogens with one attached hydrogen (secondary N) is 1. The first-order chi connectivity index (χ1) is 15.7. The fourth-order valence-corrected chi connectivity index (χ4v) is 3.33. The minimum Gasteiger partial charge on any atom is -0.497 e. The second kappa shape index (κ2) is 8.27. The van der Waals surface area contributed by atoms with Crippen molar-refractivity contribution in [1.82, 2.24) is 24.8 Å². The monoisotopic (exact) mass is 422 g/mol. The number of amides is 1. The summed E-state index contributed by atoms with van der Waals surface area (Å²) in [5, 5.41) is 16.1. The minimum absolute atomic E-state index is 0.202. The third kappa shape index (κ3) is 3.77. The summed E-state index contributed by atoms with van der Waals surface area (Å²) in [5.41, 5.74) is 4.31. The normalized spacial score (nSPS) is 10.8. The molecule has 5 rings (SSSR count). The Kier molecular flexibility index (Phi) is 5.01. The van der Waals surface area contributed by atoms with E-state index in [1.165, 1.54) is 0 Å². The molecule has 3 heterocycles.